The number of pyridine rings is 1. The molecule has 1 N–H and O–H groups in total. The van der Waals surface area contributed by atoms with Crippen LogP contribution in [0.5, 0.6) is 0 Å². The molecule has 7 heteroatoms. The fourth-order valence-electron chi connectivity index (χ4n) is 5.18. The Bertz CT molecular complexity index is 1170. The summed E-state index contributed by atoms with van der Waals surface area (Å²) < 4.78 is 2.07. The molecule has 3 atom stereocenters. The first-order valence-corrected chi connectivity index (χ1v) is 10.7. The molecule has 32 heavy (non-hydrogen) atoms. The number of carbonyl (C=O) groups excluding carboxylic acids is 2. The molecule has 5 rings (SSSR count). The Morgan fingerprint density at radius 2 is 1.94 bits per heavy atom. The van der Waals surface area contributed by atoms with Gasteiger partial charge in [-0.1, -0.05) is 36.4 Å². The number of nitrogens with zero attached hydrogens (tertiary/aromatic N) is 3. The molecule has 2 aromatic rings. The van der Waals surface area contributed by atoms with E-state index in [2.05, 4.69) is 16.7 Å². The molecule has 162 valence electrons. The molecule has 4 heterocycles. The van der Waals surface area contributed by atoms with E-state index in [-0.39, 0.29) is 29.5 Å². The van der Waals surface area contributed by atoms with Crippen LogP contribution in [0.4, 0.5) is 0 Å². The summed E-state index contributed by atoms with van der Waals surface area (Å²) in [4.78, 5) is 39.7. The third kappa shape index (κ3) is 3.30. The van der Waals surface area contributed by atoms with Crippen LogP contribution in [0.25, 0.3) is 6.08 Å². The molecule has 0 spiro atoms. The molecule has 2 unspecified atom stereocenters. The van der Waals surface area contributed by atoms with E-state index in [4.69, 9.17) is 0 Å². The Hall–Kier alpha value is -3.74. The van der Waals surface area contributed by atoms with E-state index >= 15 is 0 Å². The maximum absolute atomic E-state index is 12.7. The van der Waals surface area contributed by atoms with Crippen molar-refractivity contribution in [1.29, 1.82) is 0 Å². The molecule has 0 bridgehead atoms. The van der Waals surface area contributed by atoms with Crippen molar-refractivity contribution in [3.05, 3.63) is 83.3 Å². The number of aliphatic carboxylic acids is 1. The Kier molecular flexibility index (Phi) is 4.89. The molecule has 0 radical (unpaired) electrons. The quantitative estimate of drug-likeness (QED) is 0.580. The molecular formula is C25H24N3O4+. The number of rotatable bonds is 5. The molecule has 1 aromatic heterocycles. The Balaban J connectivity index is 1.42. The number of β-lactam (4-membered cyclic amide) rings is 1. The molecule has 3 aliphatic heterocycles. The first kappa shape index (κ1) is 20.2. The molecule has 0 saturated carbocycles. The minimum absolute atomic E-state index is 0.0437. The molecule has 2 fully saturated rings. The van der Waals surface area contributed by atoms with Gasteiger partial charge in [0.05, 0.1) is 6.04 Å². The van der Waals surface area contributed by atoms with Crippen LogP contribution in [0.3, 0.4) is 0 Å². The molecular weight excluding hydrogens is 406 g/mol. The molecule has 1 aromatic carbocycles. The van der Waals surface area contributed by atoms with E-state index < -0.39 is 12.0 Å². The van der Waals surface area contributed by atoms with Crippen molar-refractivity contribution >= 4 is 23.9 Å². The summed E-state index contributed by atoms with van der Waals surface area (Å²) in [6.07, 6.45) is 8.22. The number of carboxylic acid groups (broad SMARTS) is 1. The summed E-state index contributed by atoms with van der Waals surface area (Å²) in [6, 6.07) is 13.3. The van der Waals surface area contributed by atoms with E-state index in [1.807, 2.05) is 48.8 Å². The van der Waals surface area contributed by atoms with Gasteiger partial charge in [-0.25, -0.2) is 9.36 Å². The van der Waals surface area contributed by atoms with Gasteiger partial charge in [-0.2, -0.15) is 0 Å². The van der Waals surface area contributed by atoms with Crippen LogP contribution in [-0.2, 0) is 20.9 Å². The number of hydrogen-bond acceptors (Lipinski definition) is 3. The summed E-state index contributed by atoms with van der Waals surface area (Å²) in [7, 11) is 0. The van der Waals surface area contributed by atoms with Gasteiger partial charge in [-0.3, -0.25) is 14.5 Å². The lowest BCUT2D eigenvalue weighted by Crippen LogP contribution is -2.69. The second-order valence-corrected chi connectivity index (χ2v) is 8.59. The number of carboxylic acids is 1. The number of allylic oxidation sites excluding steroid dienone is 2. The van der Waals surface area contributed by atoms with Crippen LogP contribution in [0, 0.1) is 5.92 Å². The molecule has 3 aliphatic rings. The third-order valence-corrected chi connectivity index (χ3v) is 6.56. The van der Waals surface area contributed by atoms with Crippen LogP contribution in [0.15, 0.2) is 72.2 Å². The smallest absolute Gasteiger partial charge is 0.352 e. The average Bonchev–Trinajstić information content (AvgIpc) is 3.15. The summed E-state index contributed by atoms with van der Waals surface area (Å²) in [5, 5.41) is 9.85. The van der Waals surface area contributed by atoms with Gasteiger partial charge in [0.2, 0.25) is 5.91 Å². The summed E-state index contributed by atoms with van der Waals surface area (Å²) in [6.45, 7) is 2.68. The highest BCUT2D eigenvalue weighted by atomic mass is 16.4. The van der Waals surface area contributed by atoms with Crippen LogP contribution in [0.2, 0.25) is 0 Å². The summed E-state index contributed by atoms with van der Waals surface area (Å²) in [5.74, 6) is -1.48. The predicted octanol–water partition coefficient (Wildman–Crippen LogP) is 1.84. The number of hydrogen-bond donors (Lipinski definition) is 1. The highest BCUT2D eigenvalue weighted by molar-refractivity contribution is 6.02. The number of amides is 2. The van der Waals surface area contributed by atoms with Crippen molar-refractivity contribution in [2.75, 3.05) is 6.54 Å². The first-order valence-electron chi connectivity index (χ1n) is 10.7. The zero-order valence-electron chi connectivity index (χ0n) is 17.7. The van der Waals surface area contributed by atoms with Crippen molar-refractivity contribution < 1.29 is 24.1 Å². The fourth-order valence-corrected chi connectivity index (χ4v) is 5.18. The van der Waals surface area contributed by atoms with E-state index in [9.17, 15) is 19.5 Å². The van der Waals surface area contributed by atoms with Crippen LogP contribution >= 0.6 is 0 Å². The number of carbonyl (C=O) groups is 3. The van der Waals surface area contributed by atoms with Gasteiger partial charge < -0.3 is 10.0 Å². The van der Waals surface area contributed by atoms with E-state index in [1.54, 1.807) is 11.0 Å². The molecule has 2 amide bonds. The number of likely N-dealkylation sites (tertiary alicyclic amines) is 1. The molecule has 0 aliphatic carbocycles. The summed E-state index contributed by atoms with van der Waals surface area (Å²) in [5.41, 5.74) is 2.79. The van der Waals surface area contributed by atoms with Gasteiger partial charge >= 0.3 is 5.97 Å². The van der Waals surface area contributed by atoms with Gasteiger partial charge in [0.15, 0.2) is 18.9 Å². The molecule has 7 nitrogen and oxygen atoms in total. The minimum Gasteiger partial charge on any atom is -0.477 e. The lowest BCUT2D eigenvalue weighted by molar-refractivity contribution is -0.688. The van der Waals surface area contributed by atoms with E-state index in [0.29, 0.717) is 18.5 Å². The van der Waals surface area contributed by atoms with Gasteiger partial charge in [0, 0.05) is 36.6 Å². The standard InChI is InChI=1S/C25H23N3O4/c1-16(29)27-15-20-12-19(22(25(31)32)28-21(20)23(27)24(28)30)10-9-18-8-5-11-26(14-18)13-17-6-3-2-4-7-17/h2-11,14,20-21,23H,12-13,15H2,1H3/p+1/b10-9+/t20?,21-,23?/m1/s1. The van der Waals surface area contributed by atoms with Crippen molar-refractivity contribution in [3.63, 3.8) is 0 Å². The predicted molar refractivity (Wildman–Crippen MR) is 116 cm³/mol. The van der Waals surface area contributed by atoms with Crippen molar-refractivity contribution in [2.24, 2.45) is 5.92 Å². The fraction of sp³-hybridized carbons (Fsp3) is 0.280. The normalized spacial score (nSPS) is 24.0. The second kappa shape index (κ2) is 7.75. The number of aromatic nitrogens is 1. The van der Waals surface area contributed by atoms with Crippen molar-refractivity contribution in [2.45, 2.75) is 32.0 Å². The summed E-state index contributed by atoms with van der Waals surface area (Å²) >= 11 is 0. The highest BCUT2D eigenvalue weighted by Crippen LogP contribution is 2.47. The van der Waals surface area contributed by atoms with Crippen LogP contribution < -0.4 is 4.57 Å². The highest BCUT2D eigenvalue weighted by Gasteiger charge is 2.63. The largest absolute Gasteiger partial charge is 0.477 e. The van der Waals surface area contributed by atoms with Crippen LogP contribution in [0.1, 0.15) is 24.5 Å². The SMILES string of the molecule is CC(=O)N1CC2CC(/C=C/c3ccc[n+](Cc4ccccc4)c3)=C(C(=O)O)N3C(=O)C1[C@@H]23. The van der Waals surface area contributed by atoms with Gasteiger partial charge in [-0.15, -0.1) is 0 Å². The first-order chi connectivity index (χ1) is 15.4. The topological polar surface area (TPSA) is 81.8 Å². The lowest BCUT2D eigenvalue weighted by atomic mass is 9.79. The Labute approximate surface area is 185 Å². The lowest BCUT2D eigenvalue weighted by Gasteiger charge is -2.49. The molecule has 2 saturated heterocycles. The Morgan fingerprint density at radius 1 is 1.16 bits per heavy atom. The zero-order valence-corrected chi connectivity index (χ0v) is 17.7. The maximum atomic E-state index is 12.7. The number of benzene rings is 1. The van der Waals surface area contributed by atoms with E-state index in [0.717, 1.165) is 12.1 Å². The average molecular weight is 430 g/mol. The van der Waals surface area contributed by atoms with Crippen molar-refractivity contribution in [1.82, 2.24) is 9.80 Å². The van der Waals surface area contributed by atoms with Gasteiger partial charge in [0.1, 0.15) is 11.7 Å². The van der Waals surface area contributed by atoms with Crippen molar-refractivity contribution in [3.8, 4) is 0 Å². The van der Waals surface area contributed by atoms with Gasteiger partial charge in [0.25, 0.3) is 5.91 Å². The third-order valence-electron chi connectivity index (χ3n) is 6.56. The monoisotopic (exact) mass is 430 g/mol. The Morgan fingerprint density at radius 3 is 2.66 bits per heavy atom. The second-order valence-electron chi connectivity index (χ2n) is 8.59. The maximum Gasteiger partial charge on any atom is 0.352 e. The van der Waals surface area contributed by atoms with Gasteiger partial charge in [-0.05, 0) is 24.1 Å². The zero-order chi connectivity index (χ0) is 22.4. The van der Waals surface area contributed by atoms with E-state index in [1.165, 1.54) is 17.4 Å². The van der Waals surface area contributed by atoms with Crippen LogP contribution in [-0.4, -0.2) is 51.3 Å². The minimum atomic E-state index is -1.11.